The van der Waals surface area contributed by atoms with Crippen molar-refractivity contribution >= 4 is 33.7 Å². The van der Waals surface area contributed by atoms with Crippen LogP contribution in [0.1, 0.15) is 58.4 Å². The summed E-state index contributed by atoms with van der Waals surface area (Å²) in [6, 6.07) is 6.10. The van der Waals surface area contributed by atoms with Crippen LogP contribution in [0.25, 0.3) is 10.6 Å². The van der Waals surface area contributed by atoms with Crippen LogP contribution in [0.2, 0.25) is 0 Å². The number of carbonyl (C=O) groups excluding carboxylic acids is 1. The van der Waals surface area contributed by atoms with Crippen LogP contribution in [0.15, 0.2) is 24.3 Å². The van der Waals surface area contributed by atoms with Gasteiger partial charge in [0.25, 0.3) is 5.91 Å². The Hall–Kier alpha value is -2.19. The maximum Gasteiger partial charge on any atom is 0.269 e. The maximum absolute atomic E-state index is 13.1. The van der Waals surface area contributed by atoms with Crippen LogP contribution in [0, 0.1) is 12.7 Å². The molecule has 1 amide bonds. The summed E-state index contributed by atoms with van der Waals surface area (Å²) in [5.41, 5.74) is 1.44. The quantitative estimate of drug-likeness (QED) is 0.634. The van der Waals surface area contributed by atoms with E-state index in [4.69, 9.17) is 0 Å². The van der Waals surface area contributed by atoms with Gasteiger partial charge in [-0.05, 0) is 44.0 Å². The Kier molecular flexibility index (Phi) is 5.27. The molecule has 0 unspecified atom stereocenters. The first kappa shape index (κ1) is 18.2. The molecule has 27 heavy (non-hydrogen) atoms. The van der Waals surface area contributed by atoms with Crippen LogP contribution in [0.4, 0.5) is 9.52 Å². The van der Waals surface area contributed by atoms with E-state index in [-0.39, 0.29) is 11.7 Å². The van der Waals surface area contributed by atoms with Crippen molar-refractivity contribution in [1.82, 2.24) is 15.2 Å². The zero-order valence-electron chi connectivity index (χ0n) is 14.9. The first-order valence-corrected chi connectivity index (χ1v) is 10.6. The van der Waals surface area contributed by atoms with Crippen LogP contribution in [0.3, 0.4) is 0 Å². The minimum absolute atomic E-state index is 0.232. The highest BCUT2D eigenvalue weighted by Crippen LogP contribution is 2.35. The minimum Gasteiger partial charge on any atom is -0.296 e. The number of anilines is 1. The lowest BCUT2D eigenvalue weighted by Crippen LogP contribution is -2.11. The average molecular weight is 403 g/mol. The summed E-state index contributed by atoms with van der Waals surface area (Å²) in [5.74, 6) is -0.0585. The zero-order chi connectivity index (χ0) is 18.8. The van der Waals surface area contributed by atoms with Crippen molar-refractivity contribution < 1.29 is 9.18 Å². The summed E-state index contributed by atoms with van der Waals surface area (Å²) < 4.78 is 13.1. The summed E-state index contributed by atoms with van der Waals surface area (Å²) in [4.78, 5) is 17.6. The molecule has 0 radical (unpaired) electrons. The van der Waals surface area contributed by atoms with Crippen LogP contribution < -0.4 is 5.32 Å². The van der Waals surface area contributed by atoms with Gasteiger partial charge in [-0.2, -0.15) is 0 Å². The third kappa shape index (κ3) is 4.06. The Morgan fingerprint density at radius 2 is 1.85 bits per heavy atom. The van der Waals surface area contributed by atoms with Gasteiger partial charge in [0.2, 0.25) is 5.13 Å². The molecule has 0 atom stereocenters. The van der Waals surface area contributed by atoms with Crippen molar-refractivity contribution in [2.75, 3.05) is 5.32 Å². The number of halogens is 1. The fraction of sp³-hybridized carbons (Fsp3) is 0.368. The topological polar surface area (TPSA) is 67.8 Å². The predicted octanol–water partition coefficient (Wildman–Crippen LogP) is 5.41. The number of aromatic nitrogens is 3. The number of thiazole rings is 1. The molecule has 2 heterocycles. The molecule has 0 bridgehead atoms. The van der Waals surface area contributed by atoms with Crippen molar-refractivity contribution in [2.45, 2.75) is 44.9 Å². The fourth-order valence-corrected chi connectivity index (χ4v) is 5.15. The van der Waals surface area contributed by atoms with E-state index in [0.29, 0.717) is 26.6 Å². The Balaban J connectivity index is 1.48. The van der Waals surface area contributed by atoms with Crippen molar-refractivity contribution in [1.29, 1.82) is 0 Å². The number of hydrogen-bond donors (Lipinski definition) is 1. The largest absolute Gasteiger partial charge is 0.296 e. The van der Waals surface area contributed by atoms with E-state index in [9.17, 15) is 9.18 Å². The van der Waals surface area contributed by atoms with E-state index in [1.165, 1.54) is 54.1 Å². The van der Waals surface area contributed by atoms with Crippen LogP contribution in [0.5, 0.6) is 0 Å². The molecule has 1 saturated carbocycles. The van der Waals surface area contributed by atoms with Gasteiger partial charge >= 0.3 is 0 Å². The molecule has 3 aromatic rings. The molecule has 1 aliphatic rings. The number of benzene rings is 1. The second-order valence-corrected chi connectivity index (χ2v) is 8.68. The number of rotatable bonds is 4. The van der Waals surface area contributed by atoms with Crippen molar-refractivity contribution in [3.8, 4) is 10.6 Å². The third-order valence-electron chi connectivity index (χ3n) is 4.71. The highest BCUT2D eigenvalue weighted by molar-refractivity contribution is 7.17. The van der Waals surface area contributed by atoms with Gasteiger partial charge in [-0.3, -0.25) is 10.1 Å². The standard InChI is InChI=1S/C19H19FN4OS2/c1-11-15(26-17(21-11)13-7-9-14(20)10-8-13)16(25)22-19-24-23-18(27-19)12-5-3-2-4-6-12/h7-10,12H,2-6H2,1H3,(H,22,24,25). The van der Waals surface area contributed by atoms with Crippen molar-refractivity contribution in [3.05, 3.63) is 45.7 Å². The van der Waals surface area contributed by atoms with Crippen molar-refractivity contribution in [2.24, 2.45) is 0 Å². The Morgan fingerprint density at radius 1 is 1.11 bits per heavy atom. The number of nitrogens with one attached hydrogen (secondary N) is 1. The van der Waals surface area contributed by atoms with Crippen molar-refractivity contribution in [3.63, 3.8) is 0 Å². The molecule has 2 aromatic heterocycles. The fourth-order valence-electron chi connectivity index (χ4n) is 3.28. The number of aryl methyl sites for hydroxylation is 1. The van der Waals surface area contributed by atoms with Crippen LogP contribution in [-0.4, -0.2) is 21.1 Å². The summed E-state index contributed by atoms with van der Waals surface area (Å²) in [5, 5.41) is 13.5. The smallest absolute Gasteiger partial charge is 0.269 e. The highest BCUT2D eigenvalue weighted by atomic mass is 32.1. The van der Waals surface area contributed by atoms with E-state index in [0.717, 1.165) is 23.4 Å². The lowest BCUT2D eigenvalue weighted by molar-refractivity contribution is 0.102. The Morgan fingerprint density at radius 3 is 2.59 bits per heavy atom. The molecular formula is C19H19FN4OS2. The summed E-state index contributed by atoms with van der Waals surface area (Å²) in [6.45, 7) is 1.80. The molecular weight excluding hydrogens is 383 g/mol. The first-order chi connectivity index (χ1) is 13.1. The predicted molar refractivity (Wildman–Crippen MR) is 106 cm³/mol. The second kappa shape index (κ2) is 7.82. The molecule has 0 saturated heterocycles. The van der Waals surface area contributed by atoms with E-state index in [1.807, 2.05) is 0 Å². The Bertz CT molecular complexity index is 945. The van der Waals surface area contributed by atoms with Gasteiger partial charge in [0.05, 0.1) is 5.69 Å². The maximum atomic E-state index is 13.1. The summed E-state index contributed by atoms with van der Waals surface area (Å²) in [7, 11) is 0. The molecule has 4 rings (SSSR count). The number of hydrogen-bond acceptors (Lipinski definition) is 6. The van der Waals surface area contributed by atoms with Crippen LogP contribution in [-0.2, 0) is 0 Å². The van der Waals surface area contributed by atoms with Gasteiger partial charge < -0.3 is 0 Å². The van der Waals surface area contributed by atoms with Crippen LogP contribution >= 0.6 is 22.7 Å². The molecule has 1 aliphatic carbocycles. The van der Waals surface area contributed by atoms with Gasteiger partial charge in [-0.25, -0.2) is 9.37 Å². The third-order valence-corrected chi connectivity index (χ3v) is 6.92. The number of amides is 1. The van der Waals surface area contributed by atoms with Gasteiger partial charge in [-0.15, -0.1) is 21.5 Å². The van der Waals surface area contributed by atoms with Gasteiger partial charge in [-0.1, -0.05) is 30.6 Å². The zero-order valence-corrected chi connectivity index (χ0v) is 16.5. The highest BCUT2D eigenvalue weighted by Gasteiger charge is 2.22. The molecule has 5 nitrogen and oxygen atoms in total. The van der Waals surface area contributed by atoms with E-state index >= 15 is 0 Å². The first-order valence-electron chi connectivity index (χ1n) is 8.98. The average Bonchev–Trinajstić information content (AvgIpc) is 3.30. The number of carbonyl (C=O) groups is 1. The monoisotopic (exact) mass is 402 g/mol. The van der Waals surface area contributed by atoms with E-state index in [2.05, 4.69) is 20.5 Å². The van der Waals surface area contributed by atoms with E-state index in [1.54, 1.807) is 19.1 Å². The van der Waals surface area contributed by atoms with Gasteiger partial charge in [0.15, 0.2) is 0 Å². The second-order valence-electron chi connectivity index (χ2n) is 6.67. The normalized spacial score (nSPS) is 15.0. The lowest BCUT2D eigenvalue weighted by atomic mass is 9.90. The molecule has 1 fully saturated rings. The van der Waals surface area contributed by atoms with E-state index < -0.39 is 0 Å². The van der Waals surface area contributed by atoms with Gasteiger partial charge in [0.1, 0.15) is 20.7 Å². The molecule has 8 heteroatoms. The molecule has 1 N–H and O–H groups in total. The molecule has 0 spiro atoms. The number of nitrogens with zero attached hydrogens (tertiary/aromatic N) is 3. The summed E-state index contributed by atoms with van der Waals surface area (Å²) in [6.07, 6.45) is 6.06. The molecule has 140 valence electrons. The Labute approximate surface area is 164 Å². The summed E-state index contributed by atoms with van der Waals surface area (Å²) >= 11 is 2.75. The van der Waals surface area contributed by atoms with Gasteiger partial charge in [0, 0.05) is 11.5 Å². The molecule has 1 aromatic carbocycles. The SMILES string of the molecule is Cc1nc(-c2ccc(F)cc2)sc1C(=O)Nc1nnc(C2CCCCC2)s1. The lowest BCUT2D eigenvalue weighted by Gasteiger charge is -2.18. The molecule has 0 aliphatic heterocycles. The minimum atomic E-state index is -0.296.